The SMILES string of the molecule is CCc1cc2c(C(=O)NC)c(-c3ccc(F)cc3)oc2nc1CN(CCOc1cccc(C(=O)O)c1)[SH](=O)=O. The van der Waals surface area contributed by atoms with Gasteiger partial charge in [-0.2, -0.15) is 4.31 Å². The Morgan fingerprint density at radius 2 is 1.90 bits per heavy atom. The smallest absolute Gasteiger partial charge is 0.335 e. The molecule has 0 spiro atoms. The molecule has 0 aliphatic carbocycles. The number of ether oxygens (including phenoxy) is 1. The van der Waals surface area contributed by atoms with Gasteiger partial charge in [0.2, 0.25) is 16.6 Å². The van der Waals surface area contributed by atoms with E-state index in [1.165, 1.54) is 49.5 Å². The predicted octanol–water partition coefficient (Wildman–Crippen LogP) is 3.66. The van der Waals surface area contributed by atoms with E-state index in [-0.39, 0.29) is 42.3 Å². The van der Waals surface area contributed by atoms with Gasteiger partial charge >= 0.3 is 5.97 Å². The first-order valence-corrected chi connectivity index (χ1v) is 13.1. The van der Waals surface area contributed by atoms with Crippen molar-refractivity contribution in [2.24, 2.45) is 0 Å². The molecule has 2 aromatic carbocycles. The van der Waals surface area contributed by atoms with Crippen LogP contribution in [-0.4, -0.2) is 54.9 Å². The molecule has 10 nitrogen and oxygen atoms in total. The van der Waals surface area contributed by atoms with Crippen molar-refractivity contribution in [3.05, 3.63) is 82.8 Å². The number of benzene rings is 2. The van der Waals surface area contributed by atoms with Gasteiger partial charge in [-0.3, -0.25) is 4.79 Å². The Balaban J connectivity index is 1.63. The summed E-state index contributed by atoms with van der Waals surface area (Å²) in [6.45, 7) is 1.78. The number of fused-ring (bicyclic) bond motifs is 1. The van der Waals surface area contributed by atoms with Crippen molar-refractivity contribution in [1.29, 1.82) is 0 Å². The topological polar surface area (TPSA) is 139 Å². The molecule has 0 aliphatic heterocycles. The summed E-state index contributed by atoms with van der Waals surface area (Å²) in [6.07, 6.45) is 0.504. The minimum Gasteiger partial charge on any atom is -0.492 e. The third-order valence-corrected chi connectivity index (χ3v) is 6.86. The largest absolute Gasteiger partial charge is 0.492 e. The molecule has 1 amide bonds. The van der Waals surface area contributed by atoms with Crippen molar-refractivity contribution >= 4 is 33.9 Å². The van der Waals surface area contributed by atoms with E-state index in [0.29, 0.717) is 28.8 Å². The maximum Gasteiger partial charge on any atom is 0.335 e. The molecule has 39 heavy (non-hydrogen) atoms. The van der Waals surface area contributed by atoms with Crippen molar-refractivity contribution < 1.29 is 36.7 Å². The number of hydrogen-bond donors (Lipinski definition) is 3. The molecule has 0 bridgehead atoms. The number of nitrogens with zero attached hydrogens (tertiary/aromatic N) is 2. The van der Waals surface area contributed by atoms with Crippen LogP contribution in [0.2, 0.25) is 0 Å². The normalized spacial score (nSPS) is 11.3. The lowest BCUT2D eigenvalue weighted by Crippen LogP contribution is -2.27. The Bertz CT molecular complexity index is 1590. The molecule has 2 aromatic heterocycles. The average Bonchev–Trinajstić information content (AvgIpc) is 3.30. The van der Waals surface area contributed by atoms with Crippen LogP contribution in [0.25, 0.3) is 22.4 Å². The molecule has 0 saturated heterocycles. The Morgan fingerprint density at radius 3 is 2.54 bits per heavy atom. The fourth-order valence-electron chi connectivity index (χ4n) is 4.08. The summed E-state index contributed by atoms with van der Waals surface area (Å²) in [4.78, 5) is 28.5. The van der Waals surface area contributed by atoms with Crippen LogP contribution in [0.3, 0.4) is 0 Å². The zero-order valence-corrected chi connectivity index (χ0v) is 22.0. The Kier molecular flexibility index (Phi) is 8.57. The van der Waals surface area contributed by atoms with Crippen LogP contribution in [0.15, 0.2) is 59.0 Å². The van der Waals surface area contributed by atoms with E-state index in [2.05, 4.69) is 10.3 Å². The Hall–Kier alpha value is -4.29. The highest BCUT2D eigenvalue weighted by atomic mass is 32.2. The van der Waals surface area contributed by atoms with Crippen LogP contribution in [-0.2, 0) is 23.9 Å². The number of furan rings is 1. The minimum absolute atomic E-state index is 0.0126. The number of carboxylic acid groups (broad SMARTS) is 1. The minimum atomic E-state index is -3.01. The lowest BCUT2D eigenvalue weighted by Gasteiger charge is -2.17. The van der Waals surface area contributed by atoms with Crippen molar-refractivity contribution in [2.75, 3.05) is 20.2 Å². The zero-order valence-electron chi connectivity index (χ0n) is 21.1. The van der Waals surface area contributed by atoms with Gasteiger partial charge in [0.15, 0.2) is 0 Å². The number of carbonyl (C=O) groups is 2. The lowest BCUT2D eigenvalue weighted by atomic mass is 10.0. The third-order valence-electron chi connectivity index (χ3n) is 6.06. The van der Waals surface area contributed by atoms with Gasteiger partial charge < -0.3 is 19.6 Å². The number of pyridine rings is 1. The van der Waals surface area contributed by atoms with Gasteiger partial charge in [-0.1, -0.05) is 13.0 Å². The Morgan fingerprint density at radius 1 is 1.15 bits per heavy atom. The van der Waals surface area contributed by atoms with E-state index >= 15 is 0 Å². The second-order valence-corrected chi connectivity index (χ2v) is 9.54. The van der Waals surface area contributed by atoms with Gasteiger partial charge in [0, 0.05) is 19.2 Å². The quantitative estimate of drug-likeness (QED) is 0.238. The first kappa shape index (κ1) is 27.7. The van der Waals surface area contributed by atoms with Crippen molar-refractivity contribution in [2.45, 2.75) is 19.9 Å². The number of amides is 1. The van der Waals surface area contributed by atoms with Crippen molar-refractivity contribution in [3.8, 4) is 17.1 Å². The molecule has 0 radical (unpaired) electrons. The highest BCUT2D eigenvalue weighted by Crippen LogP contribution is 2.34. The molecule has 4 aromatic rings. The van der Waals surface area contributed by atoms with E-state index in [9.17, 15) is 22.4 Å². The van der Waals surface area contributed by atoms with E-state index in [4.69, 9.17) is 14.3 Å². The number of thiol groups is 1. The van der Waals surface area contributed by atoms with Crippen LogP contribution in [0.1, 0.15) is 38.9 Å². The number of carboxylic acids is 1. The van der Waals surface area contributed by atoms with E-state index in [1.54, 1.807) is 12.1 Å². The number of nitrogens with one attached hydrogen (secondary N) is 1. The van der Waals surface area contributed by atoms with Gasteiger partial charge in [0.05, 0.1) is 28.8 Å². The van der Waals surface area contributed by atoms with Gasteiger partial charge in [0.25, 0.3) is 5.91 Å². The molecule has 2 N–H and O–H groups in total. The standard InChI is InChI=1S/C27H26FN3O7S/c1-3-16-14-21-23(25(32)29-2)24(17-7-9-19(28)10-8-17)38-26(21)30-22(16)15-31(39(35)36)11-12-37-20-6-4-5-18(13-20)27(33)34/h4-10,13-14,39H,3,11-12,15H2,1-2H3,(H,29,32)(H,33,34). The predicted molar refractivity (Wildman–Crippen MR) is 142 cm³/mol. The van der Waals surface area contributed by atoms with Crippen LogP contribution < -0.4 is 10.1 Å². The number of halogens is 1. The molecule has 204 valence electrons. The third kappa shape index (κ3) is 6.24. The number of rotatable bonds is 11. The molecule has 0 atom stereocenters. The second-order valence-electron chi connectivity index (χ2n) is 8.50. The summed E-state index contributed by atoms with van der Waals surface area (Å²) >= 11 is 0. The van der Waals surface area contributed by atoms with Crippen molar-refractivity contribution in [1.82, 2.24) is 14.6 Å². The number of aromatic carboxylic acids is 1. The summed E-state index contributed by atoms with van der Waals surface area (Å²) in [5, 5.41) is 12.2. The summed E-state index contributed by atoms with van der Waals surface area (Å²) in [6, 6.07) is 13.2. The van der Waals surface area contributed by atoms with Crippen LogP contribution in [0, 0.1) is 5.82 Å². The van der Waals surface area contributed by atoms with E-state index in [0.717, 1.165) is 9.87 Å². The highest BCUT2D eigenvalue weighted by Gasteiger charge is 2.24. The molecule has 0 saturated carbocycles. The molecule has 2 heterocycles. The van der Waals surface area contributed by atoms with Crippen LogP contribution >= 0.6 is 0 Å². The molecular weight excluding hydrogens is 529 g/mol. The number of carbonyl (C=O) groups excluding carboxylic acids is 1. The fourth-order valence-corrected chi connectivity index (χ4v) is 4.57. The van der Waals surface area contributed by atoms with E-state index < -0.39 is 28.6 Å². The first-order chi connectivity index (χ1) is 18.7. The van der Waals surface area contributed by atoms with Gasteiger partial charge in [-0.05, 0) is 60.5 Å². The maximum absolute atomic E-state index is 13.5. The fraction of sp³-hybridized carbons (Fsp3) is 0.222. The van der Waals surface area contributed by atoms with Crippen LogP contribution in [0.5, 0.6) is 5.75 Å². The number of hydrogen-bond acceptors (Lipinski definition) is 7. The molecule has 0 aliphatic rings. The van der Waals surface area contributed by atoms with E-state index in [1.807, 2.05) is 6.92 Å². The molecule has 12 heteroatoms. The maximum atomic E-state index is 13.5. The lowest BCUT2D eigenvalue weighted by molar-refractivity contribution is 0.0696. The second kappa shape index (κ2) is 12.0. The summed E-state index contributed by atoms with van der Waals surface area (Å²) < 4.78 is 50.3. The summed E-state index contributed by atoms with van der Waals surface area (Å²) in [5.74, 6) is -1.41. The van der Waals surface area contributed by atoms with Gasteiger partial charge in [-0.25, -0.2) is 22.6 Å². The zero-order chi connectivity index (χ0) is 28.1. The number of aryl methyl sites for hydroxylation is 1. The monoisotopic (exact) mass is 555 g/mol. The first-order valence-electron chi connectivity index (χ1n) is 12.0. The average molecular weight is 556 g/mol. The summed E-state index contributed by atoms with van der Waals surface area (Å²) in [7, 11) is -1.52. The number of aromatic nitrogens is 1. The highest BCUT2D eigenvalue weighted by molar-refractivity contribution is 7.69. The van der Waals surface area contributed by atoms with Gasteiger partial charge in [-0.15, -0.1) is 0 Å². The van der Waals surface area contributed by atoms with Crippen molar-refractivity contribution in [3.63, 3.8) is 0 Å². The molecule has 0 fully saturated rings. The molecule has 0 unspecified atom stereocenters. The summed E-state index contributed by atoms with van der Waals surface area (Å²) in [5.41, 5.74) is 2.09. The molecule has 4 rings (SSSR count). The Labute approximate surface area is 225 Å². The van der Waals surface area contributed by atoms with Gasteiger partial charge in [0.1, 0.15) is 23.9 Å². The van der Waals surface area contributed by atoms with Crippen LogP contribution in [0.4, 0.5) is 4.39 Å². The molecular formula is C27H26FN3O7S.